The molecule has 0 radical (unpaired) electrons. The van der Waals surface area contributed by atoms with Gasteiger partial charge in [-0.1, -0.05) is 24.3 Å². The van der Waals surface area contributed by atoms with E-state index >= 15 is 0 Å². The molecule has 0 saturated heterocycles. The van der Waals surface area contributed by atoms with Gasteiger partial charge in [0.2, 0.25) is 0 Å². The number of nitrogens with zero attached hydrogens (tertiary/aromatic N) is 1. The van der Waals surface area contributed by atoms with E-state index in [2.05, 4.69) is 11.1 Å². The maximum absolute atomic E-state index is 10.6. The van der Waals surface area contributed by atoms with E-state index in [1.807, 2.05) is 30.3 Å². The van der Waals surface area contributed by atoms with Crippen LogP contribution in [0.15, 0.2) is 48.5 Å². The normalized spacial score (nSPS) is 9.67. The second-order valence-electron chi connectivity index (χ2n) is 5.02. The fourth-order valence-electron chi connectivity index (χ4n) is 2.12. The number of para-hydroxylation sites is 1. The number of carboxylic acid groups (broad SMARTS) is 2. The van der Waals surface area contributed by atoms with Crippen LogP contribution in [0.1, 0.15) is 32.0 Å². The van der Waals surface area contributed by atoms with Gasteiger partial charge in [-0.15, -0.1) is 0 Å². The van der Waals surface area contributed by atoms with Gasteiger partial charge in [-0.2, -0.15) is 5.26 Å². The van der Waals surface area contributed by atoms with E-state index in [-0.39, 0.29) is 11.1 Å². The third-order valence-corrected chi connectivity index (χ3v) is 3.37. The standard InChI is InChI=1S/C9H6N2.C9H8O4/c10-6-8-5-7-3-1-2-4-9(7)11-8;1-5-2-3-6(8(10)11)4-7(5)9(12)13/h1-5,11H;2-4H,1H3,(H,10,11)(H,12,13). The molecule has 0 aliphatic heterocycles. The zero-order valence-electron chi connectivity index (χ0n) is 12.8. The fraction of sp³-hybridized carbons (Fsp3) is 0.0556. The number of aryl methyl sites for hydroxylation is 1. The highest BCUT2D eigenvalue weighted by atomic mass is 16.4. The molecule has 0 spiro atoms. The van der Waals surface area contributed by atoms with Gasteiger partial charge in [-0.05, 0) is 36.8 Å². The third kappa shape index (κ3) is 3.78. The maximum atomic E-state index is 10.6. The van der Waals surface area contributed by atoms with E-state index in [9.17, 15) is 9.59 Å². The van der Waals surface area contributed by atoms with E-state index in [0.29, 0.717) is 11.3 Å². The van der Waals surface area contributed by atoms with Gasteiger partial charge in [-0.25, -0.2) is 9.59 Å². The van der Waals surface area contributed by atoms with Gasteiger partial charge in [0.25, 0.3) is 0 Å². The summed E-state index contributed by atoms with van der Waals surface area (Å²) in [4.78, 5) is 24.1. The van der Waals surface area contributed by atoms with Crippen molar-refractivity contribution in [2.75, 3.05) is 0 Å². The fourth-order valence-corrected chi connectivity index (χ4v) is 2.12. The first-order valence-electron chi connectivity index (χ1n) is 6.97. The lowest BCUT2D eigenvalue weighted by atomic mass is 10.1. The molecule has 0 aliphatic carbocycles. The van der Waals surface area contributed by atoms with Crippen LogP contribution in [0.5, 0.6) is 0 Å². The van der Waals surface area contributed by atoms with Crippen molar-refractivity contribution in [3.05, 3.63) is 70.9 Å². The predicted molar refractivity (Wildman–Crippen MR) is 88.1 cm³/mol. The van der Waals surface area contributed by atoms with Crippen LogP contribution in [0.25, 0.3) is 10.9 Å². The SMILES string of the molecule is Cc1ccc(C(=O)O)cc1C(=O)O.N#Cc1cc2ccccc2[nH]1. The van der Waals surface area contributed by atoms with Crippen molar-refractivity contribution in [1.82, 2.24) is 4.98 Å². The number of rotatable bonds is 2. The Morgan fingerprint density at radius 2 is 1.75 bits per heavy atom. The molecule has 3 aromatic rings. The summed E-state index contributed by atoms with van der Waals surface area (Å²) in [7, 11) is 0. The first-order valence-corrected chi connectivity index (χ1v) is 6.97. The van der Waals surface area contributed by atoms with E-state index in [4.69, 9.17) is 15.5 Å². The highest BCUT2D eigenvalue weighted by Gasteiger charge is 2.10. The van der Waals surface area contributed by atoms with E-state index < -0.39 is 11.9 Å². The van der Waals surface area contributed by atoms with Crippen molar-refractivity contribution in [1.29, 1.82) is 5.26 Å². The van der Waals surface area contributed by atoms with Gasteiger partial charge in [0.1, 0.15) is 11.8 Å². The molecule has 120 valence electrons. The molecule has 0 unspecified atom stereocenters. The van der Waals surface area contributed by atoms with Crippen LogP contribution in [0, 0.1) is 18.3 Å². The van der Waals surface area contributed by atoms with E-state index in [1.54, 1.807) is 6.92 Å². The number of hydrogen-bond donors (Lipinski definition) is 3. The molecular weight excluding hydrogens is 308 g/mol. The molecule has 24 heavy (non-hydrogen) atoms. The first-order chi connectivity index (χ1) is 11.4. The van der Waals surface area contributed by atoms with Crippen LogP contribution in [0.3, 0.4) is 0 Å². The molecular formula is C18H14N2O4. The summed E-state index contributed by atoms with van der Waals surface area (Å²) in [5.41, 5.74) is 2.20. The molecule has 2 aromatic carbocycles. The minimum Gasteiger partial charge on any atom is -0.478 e. The highest BCUT2D eigenvalue weighted by molar-refractivity contribution is 5.94. The molecule has 0 saturated carbocycles. The van der Waals surface area contributed by atoms with Gasteiger partial charge >= 0.3 is 11.9 Å². The summed E-state index contributed by atoms with van der Waals surface area (Å²) >= 11 is 0. The van der Waals surface area contributed by atoms with Crippen molar-refractivity contribution in [3.63, 3.8) is 0 Å². The number of carbonyl (C=O) groups is 2. The average molecular weight is 322 g/mol. The zero-order valence-corrected chi connectivity index (χ0v) is 12.8. The third-order valence-electron chi connectivity index (χ3n) is 3.37. The largest absolute Gasteiger partial charge is 0.478 e. The van der Waals surface area contributed by atoms with Gasteiger partial charge < -0.3 is 15.2 Å². The minimum atomic E-state index is -1.12. The van der Waals surface area contributed by atoms with Gasteiger partial charge in [0.05, 0.1) is 11.1 Å². The van der Waals surface area contributed by atoms with Crippen molar-refractivity contribution < 1.29 is 19.8 Å². The van der Waals surface area contributed by atoms with Gasteiger partial charge in [0.15, 0.2) is 0 Å². The van der Waals surface area contributed by atoms with Gasteiger partial charge in [0, 0.05) is 10.9 Å². The average Bonchev–Trinajstić information content (AvgIpc) is 2.98. The number of nitriles is 1. The second-order valence-corrected chi connectivity index (χ2v) is 5.02. The monoisotopic (exact) mass is 322 g/mol. The lowest BCUT2D eigenvalue weighted by molar-refractivity contribution is 0.0695. The highest BCUT2D eigenvalue weighted by Crippen LogP contribution is 2.13. The molecule has 0 bridgehead atoms. The first kappa shape index (κ1) is 16.8. The van der Waals surface area contributed by atoms with Crippen molar-refractivity contribution in [2.24, 2.45) is 0 Å². The van der Waals surface area contributed by atoms with Crippen molar-refractivity contribution in [3.8, 4) is 6.07 Å². The summed E-state index contributed by atoms with van der Waals surface area (Å²) in [6.07, 6.45) is 0. The minimum absolute atomic E-state index is 0.0111. The van der Waals surface area contributed by atoms with Crippen LogP contribution in [0.2, 0.25) is 0 Å². The molecule has 6 nitrogen and oxygen atoms in total. The van der Waals surface area contributed by atoms with Crippen LogP contribution >= 0.6 is 0 Å². The lowest BCUT2D eigenvalue weighted by Crippen LogP contribution is -2.03. The van der Waals surface area contributed by atoms with Crippen LogP contribution in [0.4, 0.5) is 0 Å². The topological polar surface area (TPSA) is 114 Å². The summed E-state index contributed by atoms with van der Waals surface area (Å²) in [5, 5.41) is 26.9. The molecule has 3 N–H and O–H groups in total. The summed E-state index contributed by atoms with van der Waals surface area (Å²) in [6.45, 7) is 1.62. The van der Waals surface area contributed by atoms with Crippen LogP contribution in [-0.4, -0.2) is 27.1 Å². The number of hydrogen-bond acceptors (Lipinski definition) is 3. The Labute approximate surface area is 137 Å². The van der Waals surface area contributed by atoms with Gasteiger partial charge in [-0.3, -0.25) is 0 Å². The number of H-pyrrole nitrogens is 1. The molecule has 1 aromatic heterocycles. The number of carboxylic acids is 2. The molecule has 0 aliphatic rings. The second kappa shape index (κ2) is 7.11. The quantitative estimate of drug-likeness (QED) is 0.668. The van der Waals surface area contributed by atoms with E-state index in [1.165, 1.54) is 12.1 Å². The Hall–Kier alpha value is -3.59. The van der Waals surface area contributed by atoms with Crippen LogP contribution in [-0.2, 0) is 0 Å². The van der Waals surface area contributed by atoms with Crippen LogP contribution < -0.4 is 0 Å². The molecule has 0 fully saturated rings. The summed E-state index contributed by atoms with van der Waals surface area (Å²) < 4.78 is 0. The molecule has 6 heteroatoms. The number of fused-ring (bicyclic) bond motifs is 1. The smallest absolute Gasteiger partial charge is 0.335 e. The maximum Gasteiger partial charge on any atom is 0.335 e. The number of aromatic amines is 1. The molecule has 1 heterocycles. The number of benzene rings is 2. The molecule has 0 amide bonds. The lowest BCUT2D eigenvalue weighted by Gasteiger charge is -2.01. The summed E-state index contributed by atoms with van der Waals surface area (Å²) in [6, 6.07) is 15.7. The predicted octanol–water partition coefficient (Wildman–Crippen LogP) is 3.43. The molecule has 3 rings (SSSR count). The Morgan fingerprint density at radius 3 is 2.33 bits per heavy atom. The Kier molecular flexibility index (Phi) is 4.97. The Bertz CT molecular complexity index is 918. The summed E-state index contributed by atoms with van der Waals surface area (Å²) in [5.74, 6) is -2.23. The zero-order chi connectivity index (χ0) is 17.7. The Balaban J connectivity index is 0.000000175. The number of nitrogens with one attached hydrogen (secondary N) is 1. The number of aromatic carboxylic acids is 2. The van der Waals surface area contributed by atoms with Crippen molar-refractivity contribution >= 4 is 22.8 Å². The van der Waals surface area contributed by atoms with E-state index in [0.717, 1.165) is 17.0 Å². The number of aromatic nitrogens is 1. The van der Waals surface area contributed by atoms with Crippen molar-refractivity contribution in [2.45, 2.75) is 6.92 Å². The Morgan fingerprint density at radius 1 is 1.04 bits per heavy atom. The molecule has 0 atom stereocenters.